The van der Waals surface area contributed by atoms with E-state index in [4.69, 9.17) is 0 Å². The third kappa shape index (κ3) is 3.79. The van der Waals surface area contributed by atoms with Crippen molar-refractivity contribution in [3.05, 3.63) is 71.8 Å². The maximum atomic E-state index is 9.46. The number of rotatable bonds is 1. The van der Waals surface area contributed by atoms with Gasteiger partial charge in [0, 0.05) is 5.39 Å². The topological polar surface area (TPSA) is 40.5 Å². The Bertz CT molecular complexity index is 755. The van der Waals surface area contributed by atoms with E-state index in [1.54, 1.807) is 12.1 Å². The summed E-state index contributed by atoms with van der Waals surface area (Å²) >= 11 is 0. The summed E-state index contributed by atoms with van der Waals surface area (Å²) < 4.78 is 0. The molecule has 3 aromatic carbocycles. The van der Waals surface area contributed by atoms with Gasteiger partial charge in [-0.25, -0.2) is 0 Å². The predicted molar refractivity (Wildman–Crippen MR) is 92.5 cm³/mol. The SMILES string of the molecule is Cc1ccc(C(C)C)c(O)c1.Oc1cccc2ccccc12. The molecular formula is C20H22O2. The van der Waals surface area contributed by atoms with Crippen molar-refractivity contribution in [2.24, 2.45) is 0 Å². The monoisotopic (exact) mass is 294 g/mol. The number of hydrogen-bond acceptors (Lipinski definition) is 2. The van der Waals surface area contributed by atoms with E-state index in [-0.39, 0.29) is 0 Å². The normalized spacial score (nSPS) is 10.4. The second-order valence-electron chi connectivity index (χ2n) is 5.72. The summed E-state index contributed by atoms with van der Waals surface area (Å²) in [6.45, 7) is 6.12. The smallest absolute Gasteiger partial charge is 0.123 e. The molecule has 0 heterocycles. The van der Waals surface area contributed by atoms with Crippen LogP contribution in [-0.2, 0) is 0 Å². The van der Waals surface area contributed by atoms with Crippen molar-refractivity contribution in [1.82, 2.24) is 0 Å². The quantitative estimate of drug-likeness (QED) is 0.633. The number of fused-ring (bicyclic) bond motifs is 1. The Morgan fingerprint density at radius 2 is 1.45 bits per heavy atom. The summed E-state index contributed by atoms with van der Waals surface area (Å²) in [6, 6.07) is 19.1. The van der Waals surface area contributed by atoms with Crippen molar-refractivity contribution in [1.29, 1.82) is 0 Å². The average molecular weight is 294 g/mol. The first kappa shape index (κ1) is 15.9. The Kier molecular flexibility index (Phi) is 5.05. The van der Waals surface area contributed by atoms with Crippen molar-refractivity contribution in [3.63, 3.8) is 0 Å². The first-order valence-electron chi connectivity index (χ1n) is 7.45. The second kappa shape index (κ2) is 6.99. The molecule has 2 heteroatoms. The molecule has 0 saturated heterocycles. The molecule has 0 aliphatic carbocycles. The third-order valence-corrected chi connectivity index (χ3v) is 3.57. The summed E-state index contributed by atoms with van der Waals surface area (Å²) in [5.41, 5.74) is 2.13. The lowest BCUT2D eigenvalue weighted by atomic mass is 10.0. The van der Waals surface area contributed by atoms with Crippen LogP contribution in [0.25, 0.3) is 10.8 Å². The van der Waals surface area contributed by atoms with Crippen molar-refractivity contribution in [3.8, 4) is 11.5 Å². The maximum Gasteiger partial charge on any atom is 0.123 e. The standard InChI is InChI=1S/C10H8O.C10H14O/c11-10-7-3-5-8-4-1-2-6-9(8)10;1-7(2)9-5-4-8(3)6-10(9)11/h1-7,11H;4-7,11H,1-3H3. The molecule has 0 fully saturated rings. The molecule has 3 aromatic rings. The van der Waals surface area contributed by atoms with Crippen LogP contribution < -0.4 is 0 Å². The van der Waals surface area contributed by atoms with Crippen LogP contribution in [0.3, 0.4) is 0 Å². The zero-order valence-electron chi connectivity index (χ0n) is 13.2. The summed E-state index contributed by atoms with van der Waals surface area (Å²) in [4.78, 5) is 0. The summed E-state index contributed by atoms with van der Waals surface area (Å²) in [6.07, 6.45) is 0. The molecule has 0 saturated carbocycles. The van der Waals surface area contributed by atoms with Gasteiger partial charge in [0.25, 0.3) is 0 Å². The first-order valence-corrected chi connectivity index (χ1v) is 7.45. The molecule has 0 aromatic heterocycles. The molecule has 3 rings (SSSR count). The fourth-order valence-electron chi connectivity index (χ4n) is 2.35. The molecule has 0 aliphatic rings. The van der Waals surface area contributed by atoms with E-state index in [9.17, 15) is 10.2 Å². The van der Waals surface area contributed by atoms with E-state index >= 15 is 0 Å². The molecule has 0 atom stereocenters. The van der Waals surface area contributed by atoms with Crippen LogP contribution >= 0.6 is 0 Å². The average Bonchev–Trinajstić information content (AvgIpc) is 2.48. The Morgan fingerprint density at radius 1 is 0.773 bits per heavy atom. The lowest BCUT2D eigenvalue weighted by molar-refractivity contribution is 0.464. The predicted octanol–water partition coefficient (Wildman–Crippen LogP) is 5.37. The second-order valence-corrected chi connectivity index (χ2v) is 5.72. The highest BCUT2D eigenvalue weighted by Gasteiger charge is 2.03. The van der Waals surface area contributed by atoms with Gasteiger partial charge in [0.2, 0.25) is 0 Å². The number of benzene rings is 3. The zero-order chi connectivity index (χ0) is 16.1. The van der Waals surface area contributed by atoms with Crippen LogP contribution in [0.1, 0.15) is 30.9 Å². The molecular weight excluding hydrogens is 272 g/mol. The van der Waals surface area contributed by atoms with Crippen molar-refractivity contribution >= 4 is 10.8 Å². The Balaban J connectivity index is 0.000000160. The van der Waals surface area contributed by atoms with Gasteiger partial charge in [-0.1, -0.05) is 62.4 Å². The van der Waals surface area contributed by atoms with Crippen LogP contribution in [0.4, 0.5) is 0 Å². The summed E-state index contributed by atoms with van der Waals surface area (Å²) in [5, 5.41) is 20.8. The van der Waals surface area contributed by atoms with Crippen molar-refractivity contribution < 1.29 is 10.2 Å². The van der Waals surface area contributed by atoms with E-state index in [1.807, 2.05) is 55.5 Å². The summed E-state index contributed by atoms with van der Waals surface area (Å²) in [5.74, 6) is 1.17. The van der Waals surface area contributed by atoms with Gasteiger partial charge in [-0.05, 0) is 41.5 Å². The molecule has 0 unspecified atom stereocenters. The highest BCUT2D eigenvalue weighted by molar-refractivity contribution is 5.87. The van der Waals surface area contributed by atoms with Crippen molar-refractivity contribution in [2.45, 2.75) is 26.7 Å². The molecule has 0 aliphatic heterocycles. The van der Waals surface area contributed by atoms with E-state index in [0.29, 0.717) is 17.4 Å². The minimum absolute atomic E-state index is 0.350. The highest BCUT2D eigenvalue weighted by atomic mass is 16.3. The first-order chi connectivity index (χ1) is 10.5. The van der Waals surface area contributed by atoms with E-state index in [0.717, 1.165) is 21.9 Å². The number of phenolic OH excluding ortho intramolecular Hbond substituents is 2. The van der Waals surface area contributed by atoms with Gasteiger partial charge < -0.3 is 10.2 Å². The van der Waals surface area contributed by atoms with Gasteiger partial charge in [-0.15, -0.1) is 0 Å². The van der Waals surface area contributed by atoms with E-state index < -0.39 is 0 Å². The van der Waals surface area contributed by atoms with Crippen LogP contribution in [0.2, 0.25) is 0 Å². The number of aromatic hydroxyl groups is 2. The van der Waals surface area contributed by atoms with Gasteiger partial charge in [-0.2, -0.15) is 0 Å². The Morgan fingerprint density at radius 3 is 2.09 bits per heavy atom. The number of aryl methyl sites for hydroxylation is 1. The molecule has 22 heavy (non-hydrogen) atoms. The number of phenols is 2. The van der Waals surface area contributed by atoms with Gasteiger partial charge in [0.15, 0.2) is 0 Å². The maximum absolute atomic E-state index is 9.46. The van der Waals surface area contributed by atoms with Crippen molar-refractivity contribution in [2.75, 3.05) is 0 Å². The van der Waals surface area contributed by atoms with Crippen LogP contribution in [0.5, 0.6) is 11.5 Å². The molecule has 2 nitrogen and oxygen atoms in total. The number of hydrogen-bond donors (Lipinski definition) is 2. The lowest BCUT2D eigenvalue weighted by Gasteiger charge is -2.07. The van der Waals surface area contributed by atoms with Crippen LogP contribution in [0, 0.1) is 6.92 Å². The van der Waals surface area contributed by atoms with E-state index in [2.05, 4.69) is 13.8 Å². The van der Waals surface area contributed by atoms with Gasteiger partial charge in [0.1, 0.15) is 11.5 Å². The molecule has 0 radical (unpaired) electrons. The lowest BCUT2D eigenvalue weighted by Crippen LogP contribution is -1.87. The minimum atomic E-state index is 0.350. The highest BCUT2D eigenvalue weighted by Crippen LogP contribution is 2.25. The van der Waals surface area contributed by atoms with Crippen LogP contribution in [-0.4, -0.2) is 10.2 Å². The fourth-order valence-corrected chi connectivity index (χ4v) is 2.35. The molecule has 2 N–H and O–H groups in total. The molecule has 0 spiro atoms. The van der Waals surface area contributed by atoms with Gasteiger partial charge in [0.05, 0.1) is 0 Å². The Hall–Kier alpha value is -2.48. The minimum Gasteiger partial charge on any atom is -0.508 e. The summed E-state index contributed by atoms with van der Waals surface area (Å²) in [7, 11) is 0. The van der Waals surface area contributed by atoms with E-state index in [1.165, 1.54) is 0 Å². The molecule has 0 amide bonds. The zero-order valence-corrected chi connectivity index (χ0v) is 13.2. The van der Waals surface area contributed by atoms with Crippen LogP contribution in [0.15, 0.2) is 60.7 Å². The molecule has 114 valence electrons. The molecule has 0 bridgehead atoms. The fraction of sp³-hybridized carbons (Fsp3) is 0.200. The largest absolute Gasteiger partial charge is 0.508 e. The van der Waals surface area contributed by atoms with Gasteiger partial charge >= 0.3 is 0 Å². The Labute approximate surface area is 131 Å². The van der Waals surface area contributed by atoms with Gasteiger partial charge in [-0.3, -0.25) is 0 Å². The third-order valence-electron chi connectivity index (χ3n) is 3.57.